The molecule has 3 saturated heterocycles. The van der Waals surface area contributed by atoms with Gasteiger partial charge in [-0.2, -0.15) is 0 Å². The van der Waals surface area contributed by atoms with Gasteiger partial charge in [0.1, 0.15) is 0 Å². The SMILES string of the molecule is [SiH3]C1([Si](c2ccccc2)(C2([SiH3])CCCCO2)C2([SiH3])CCCCO2)CCCCO1. The van der Waals surface area contributed by atoms with Crippen molar-refractivity contribution < 1.29 is 14.2 Å². The molecule has 0 radical (unpaired) electrons. The highest BCUT2D eigenvalue weighted by Crippen LogP contribution is 2.49. The van der Waals surface area contributed by atoms with Crippen molar-refractivity contribution in [1.29, 1.82) is 0 Å². The van der Waals surface area contributed by atoms with E-state index in [1.807, 2.05) is 0 Å². The third-order valence-electron chi connectivity index (χ3n) is 7.99. The molecule has 1 aromatic carbocycles. The molecule has 0 amide bonds. The molecule has 0 saturated carbocycles. The molecular formula is C21H38O3Si4. The minimum absolute atomic E-state index is 0.0325. The van der Waals surface area contributed by atoms with Crippen LogP contribution in [-0.2, 0) is 14.2 Å². The Balaban J connectivity index is 1.99. The topological polar surface area (TPSA) is 27.7 Å². The van der Waals surface area contributed by atoms with Crippen molar-refractivity contribution in [2.24, 2.45) is 0 Å². The molecule has 4 rings (SSSR count). The Morgan fingerprint density at radius 2 is 1.00 bits per heavy atom. The van der Waals surface area contributed by atoms with E-state index in [1.54, 1.807) is 5.19 Å². The van der Waals surface area contributed by atoms with Crippen LogP contribution in [0.15, 0.2) is 30.3 Å². The summed E-state index contributed by atoms with van der Waals surface area (Å²) >= 11 is 0. The Kier molecular flexibility index (Phi) is 6.24. The van der Waals surface area contributed by atoms with Crippen LogP contribution in [0, 0.1) is 0 Å². The largest absolute Gasteiger partial charge is 0.382 e. The zero-order valence-corrected chi connectivity index (χ0v) is 25.1. The van der Waals surface area contributed by atoms with Gasteiger partial charge in [0.25, 0.3) is 0 Å². The highest BCUT2D eigenvalue weighted by atomic mass is 28.4. The van der Waals surface area contributed by atoms with E-state index in [2.05, 4.69) is 30.3 Å². The van der Waals surface area contributed by atoms with Crippen LogP contribution in [0.2, 0.25) is 0 Å². The highest BCUT2D eigenvalue weighted by Gasteiger charge is 2.72. The Labute approximate surface area is 180 Å². The van der Waals surface area contributed by atoms with E-state index in [9.17, 15) is 0 Å². The van der Waals surface area contributed by atoms with Crippen molar-refractivity contribution in [1.82, 2.24) is 0 Å². The average molecular weight is 451 g/mol. The van der Waals surface area contributed by atoms with Gasteiger partial charge in [0.15, 0.2) is 8.07 Å². The molecule has 3 atom stereocenters. The van der Waals surface area contributed by atoms with Gasteiger partial charge in [0.05, 0.1) is 14.5 Å². The fourth-order valence-electron chi connectivity index (χ4n) is 6.97. The van der Waals surface area contributed by atoms with E-state index >= 15 is 0 Å². The molecule has 0 spiro atoms. The van der Waals surface area contributed by atoms with Gasteiger partial charge in [-0.15, -0.1) is 0 Å². The molecule has 3 heterocycles. The lowest BCUT2D eigenvalue weighted by Crippen LogP contribution is -2.91. The summed E-state index contributed by atoms with van der Waals surface area (Å²) in [6, 6.07) is 11.5. The predicted octanol–water partition coefficient (Wildman–Crippen LogP) is -0.253. The first kappa shape index (κ1) is 21.2. The quantitative estimate of drug-likeness (QED) is 0.592. The Morgan fingerprint density at radius 3 is 1.32 bits per heavy atom. The second kappa shape index (κ2) is 8.24. The minimum Gasteiger partial charge on any atom is -0.382 e. The maximum absolute atomic E-state index is 6.93. The number of rotatable bonds is 4. The standard InChI is InChI=1S/C21H38O3Si4/c25-19(12-4-7-15-22-19)28(18-10-2-1-3-11-18,20(26)13-5-8-16-23-20)21(27)14-6-9-17-24-21/h1-3,10-11H,4-9,12-17H2,25-27H3. The number of hydrogen-bond donors (Lipinski definition) is 0. The van der Waals surface area contributed by atoms with Crippen LogP contribution in [0.1, 0.15) is 57.8 Å². The van der Waals surface area contributed by atoms with E-state index in [0.717, 1.165) is 50.5 Å². The third kappa shape index (κ3) is 3.21. The molecule has 3 aliphatic rings. The second-order valence-corrected chi connectivity index (χ2v) is 22.8. The molecule has 0 bridgehead atoms. The number of benzene rings is 1. The molecule has 0 N–H and O–H groups in total. The van der Waals surface area contributed by atoms with Crippen LogP contribution in [-0.4, -0.2) is 73.2 Å². The van der Waals surface area contributed by atoms with Crippen molar-refractivity contribution >= 4 is 44.0 Å². The van der Waals surface area contributed by atoms with Gasteiger partial charge < -0.3 is 14.2 Å². The summed E-state index contributed by atoms with van der Waals surface area (Å²) in [5.74, 6) is 0. The Hall–Kier alpha value is -0.0325. The fraction of sp³-hybridized carbons (Fsp3) is 0.714. The molecule has 1 aromatic rings. The molecular weight excluding hydrogens is 413 g/mol. The summed E-state index contributed by atoms with van der Waals surface area (Å²) in [6.45, 7) is 2.79. The first-order valence-electron chi connectivity index (χ1n) is 11.4. The second-order valence-electron chi connectivity index (χ2n) is 9.73. The Bertz CT molecular complexity index is 591. The van der Waals surface area contributed by atoms with Crippen LogP contribution < -0.4 is 5.19 Å². The van der Waals surface area contributed by atoms with Gasteiger partial charge in [0, 0.05) is 50.5 Å². The molecule has 7 heteroatoms. The van der Waals surface area contributed by atoms with Crippen molar-refractivity contribution in [3.63, 3.8) is 0 Å². The lowest BCUT2D eigenvalue weighted by Gasteiger charge is -2.65. The van der Waals surface area contributed by atoms with E-state index in [4.69, 9.17) is 14.2 Å². The zero-order chi connectivity index (χ0) is 19.7. The molecule has 156 valence electrons. The zero-order valence-electron chi connectivity index (χ0n) is 18.1. The van der Waals surface area contributed by atoms with Gasteiger partial charge in [-0.05, 0) is 57.8 Å². The monoisotopic (exact) mass is 450 g/mol. The van der Waals surface area contributed by atoms with Gasteiger partial charge in [-0.25, -0.2) is 0 Å². The molecule has 3 nitrogen and oxygen atoms in total. The smallest absolute Gasteiger partial charge is 0.176 e. The normalized spacial score (nSPS) is 39.6. The summed E-state index contributed by atoms with van der Waals surface area (Å²) in [4.78, 5) is 0.0976. The van der Waals surface area contributed by atoms with E-state index in [1.165, 1.54) is 57.8 Å². The maximum atomic E-state index is 6.93. The molecule has 3 fully saturated rings. The Morgan fingerprint density at radius 1 is 0.607 bits per heavy atom. The fourth-order valence-corrected chi connectivity index (χ4v) is 33.8. The first-order valence-corrected chi connectivity index (χ1v) is 16.4. The van der Waals surface area contributed by atoms with Gasteiger partial charge >= 0.3 is 0 Å². The van der Waals surface area contributed by atoms with E-state index < -0.39 is 8.07 Å². The highest BCUT2D eigenvalue weighted by molar-refractivity contribution is 7.08. The van der Waals surface area contributed by atoms with Crippen molar-refractivity contribution in [3.8, 4) is 0 Å². The van der Waals surface area contributed by atoms with Crippen molar-refractivity contribution in [2.75, 3.05) is 19.8 Å². The van der Waals surface area contributed by atoms with Gasteiger partial charge in [-0.1, -0.05) is 35.5 Å². The molecule has 0 aliphatic carbocycles. The van der Waals surface area contributed by atoms with Crippen LogP contribution in [0.4, 0.5) is 0 Å². The van der Waals surface area contributed by atoms with Crippen molar-refractivity contribution in [3.05, 3.63) is 30.3 Å². The van der Waals surface area contributed by atoms with Crippen LogP contribution in [0.3, 0.4) is 0 Å². The number of ether oxygens (including phenoxy) is 3. The lowest BCUT2D eigenvalue weighted by molar-refractivity contribution is -0.0355. The first-order chi connectivity index (χ1) is 13.5. The van der Waals surface area contributed by atoms with Crippen LogP contribution in [0.5, 0.6) is 0 Å². The number of hydrogen-bond acceptors (Lipinski definition) is 3. The molecule has 3 unspecified atom stereocenters. The predicted molar refractivity (Wildman–Crippen MR) is 129 cm³/mol. The maximum Gasteiger partial charge on any atom is 0.176 e. The molecule has 3 aliphatic heterocycles. The van der Waals surface area contributed by atoms with E-state index in [-0.39, 0.29) is 14.5 Å². The van der Waals surface area contributed by atoms with Gasteiger partial charge in [0.2, 0.25) is 0 Å². The van der Waals surface area contributed by atoms with Crippen LogP contribution in [0.25, 0.3) is 0 Å². The summed E-state index contributed by atoms with van der Waals surface area (Å²) in [7, 11) is 0.914. The average Bonchev–Trinajstić information content (AvgIpc) is 2.70. The van der Waals surface area contributed by atoms with Crippen molar-refractivity contribution in [2.45, 2.75) is 72.3 Å². The van der Waals surface area contributed by atoms with Crippen LogP contribution >= 0.6 is 0 Å². The molecule has 0 aromatic heterocycles. The van der Waals surface area contributed by atoms with E-state index in [0.29, 0.717) is 0 Å². The summed E-state index contributed by atoms with van der Waals surface area (Å²) < 4.78 is 20.8. The third-order valence-corrected chi connectivity index (χ3v) is 24.3. The lowest BCUT2D eigenvalue weighted by atomic mass is 10.2. The summed E-state index contributed by atoms with van der Waals surface area (Å²) in [5, 5.41) is 1.57. The summed E-state index contributed by atoms with van der Waals surface area (Å²) in [6.07, 6.45) is 11.2. The minimum atomic E-state index is -2.32. The van der Waals surface area contributed by atoms with Gasteiger partial charge in [-0.3, -0.25) is 0 Å². The molecule has 28 heavy (non-hydrogen) atoms. The summed E-state index contributed by atoms with van der Waals surface area (Å²) in [5.41, 5.74) is 0.